The molecule has 0 bridgehead atoms. The van der Waals surface area contributed by atoms with Gasteiger partial charge in [0, 0.05) is 35.3 Å². The minimum absolute atomic E-state index is 0.0695. The highest BCUT2D eigenvalue weighted by Gasteiger charge is 2.17. The predicted molar refractivity (Wildman–Crippen MR) is 109 cm³/mol. The fraction of sp³-hybridized carbons (Fsp3) is 0.227. The molecule has 28 heavy (non-hydrogen) atoms. The number of benzene rings is 1. The second-order valence-electron chi connectivity index (χ2n) is 6.71. The maximum absolute atomic E-state index is 12.0. The van der Waals surface area contributed by atoms with Crippen molar-refractivity contribution in [3.63, 3.8) is 0 Å². The molecule has 0 radical (unpaired) electrons. The smallest absolute Gasteiger partial charge is 0.259 e. The lowest BCUT2D eigenvalue weighted by Crippen LogP contribution is -2.13. The van der Waals surface area contributed by atoms with E-state index < -0.39 is 0 Å². The summed E-state index contributed by atoms with van der Waals surface area (Å²) in [5.41, 5.74) is 5.26. The number of nitrogens with zero attached hydrogens (tertiary/aromatic N) is 3. The molecule has 0 amide bonds. The van der Waals surface area contributed by atoms with Gasteiger partial charge in [0.25, 0.3) is 11.4 Å². The summed E-state index contributed by atoms with van der Waals surface area (Å²) >= 11 is 0. The Hall–Kier alpha value is -3.41. The van der Waals surface area contributed by atoms with Crippen LogP contribution in [0.3, 0.4) is 0 Å². The summed E-state index contributed by atoms with van der Waals surface area (Å²) in [7, 11) is 0. The summed E-state index contributed by atoms with van der Waals surface area (Å²) in [6.45, 7) is 6.73. The van der Waals surface area contributed by atoms with Crippen LogP contribution in [0.2, 0.25) is 0 Å². The SMILES string of the molecule is CCc1cc(-c2noc(-c3cc(-c4ccccc4)n(CC)c3)n2)c(C)[nH]c1=O. The van der Waals surface area contributed by atoms with Gasteiger partial charge < -0.3 is 14.1 Å². The van der Waals surface area contributed by atoms with Crippen molar-refractivity contribution >= 4 is 0 Å². The molecule has 1 N–H and O–H groups in total. The first-order valence-corrected chi connectivity index (χ1v) is 9.43. The molecule has 3 aromatic heterocycles. The Bertz CT molecular complexity index is 1170. The average molecular weight is 374 g/mol. The maximum Gasteiger partial charge on any atom is 0.259 e. The molecule has 0 aliphatic heterocycles. The van der Waals surface area contributed by atoms with Crippen LogP contribution in [-0.2, 0) is 13.0 Å². The Kier molecular flexibility index (Phi) is 4.69. The van der Waals surface area contributed by atoms with Crippen molar-refractivity contribution in [3.05, 3.63) is 70.3 Å². The van der Waals surface area contributed by atoms with Crippen molar-refractivity contribution in [2.45, 2.75) is 33.7 Å². The van der Waals surface area contributed by atoms with Crippen molar-refractivity contribution in [2.24, 2.45) is 0 Å². The highest BCUT2D eigenvalue weighted by Crippen LogP contribution is 2.29. The second kappa shape index (κ2) is 7.31. The summed E-state index contributed by atoms with van der Waals surface area (Å²) in [5.74, 6) is 0.937. The van der Waals surface area contributed by atoms with Crippen LogP contribution in [0.4, 0.5) is 0 Å². The van der Waals surface area contributed by atoms with Crippen molar-refractivity contribution in [2.75, 3.05) is 0 Å². The number of hydrogen-bond donors (Lipinski definition) is 1. The summed E-state index contributed by atoms with van der Waals surface area (Å²) in [5, 5.41) is 4.15. The molecule has 4 aromatic rings. The number of aryl methyl sites for hydroxylation is 3. The quantitative estimate of drug-likeness (QED) is 0.560. The number of hydrogen-bond acceptors (Lipinski definition) is 4. The predicted octanol–water partition coefficient (Wildman–Crippen LogP) is 4.45. The number of nitrogens with one attached hydrogen (secondary N) is 1. The summed E-state index contributed by atoms with van der Waals surface area (Å²) in [6, 6.07) is 14.1. The number of aromatic amines is 1. The molecule has 3 heterocycles. The lowest BCUT2D eigenvalue weighted by molar-refractivity contribution is 0.432. The van der Waals surface area contributed by atoms with Gasteiger partial charge in [-0.05, 0) is 38.0 Å². The minimum Gasteiger partial charge on any atom is -0.347 e. The van der Waals surface area contributed by atoms with Crippen LogP contribution in [0.5, 0.6) is 0 Å². The van der Waals surface area contributed by atoms with Gasteiger partial charge >= 0.3 is 0 Å². The van der Waals surface area contributed by atoms with E-state index in [9.17, 15) is 4.79 Å². The first-order chi connectivity index (χ1) is 13.6. The molecule has 0 aliphatic rings. The Morgan fingerprint density at radius 2 is 1.89 bits per heavy atom. The van der Waals surface area contributed by atoms with Crippen molar-refractivity contribution in [3.8, 4) is 34.1 Å². The Labute approximate surface area is 162 Å². The fourth-order valence-corrected chi connectivity index (χ4v) is 3.35. The van der Waals surface area contributed by atoms with Crippen LogP contribution < -0.4 is 5.56 Å². The number of aromatic nitrogens is 4. The third-order valence-electron chi connectivity index (χ3n) is 4.92. The summed E-state index contributed by atoms with van der Waals surface area (Å²) < 4.78 is 7.71. The van der Waals surface area contributed by atoms with Crippen molar-refractivity contribution in [1.29, 1.82) is 0 Å². The lowest BCUT2D eigenvalue weighted by Gasteiger charge is -2.05. The van der Waals surface area contributed by atoms with Crippen LogP contribution in [0, 0.1) is 6.92 Å². The summed E-state index contributed by atoms with van der Waals surface area (Å²) in [6.07, 6.45) is 2.67. The first-order valence-electron chi connectivity index (χ1n) is 9.43. The third kappa shape index (κ3) is 3.17. The molecule has 6 heteroatoms. The number of H-pyrrole nitrogens is 1. The van der Waals surface area contributed by atoms with Crippen molar-refractivity contribution < 1.29 is 4.52 Å². The van der Waals surface area contributed by atoms with Gasteiger partial charge in [-0.3, -0.25) is 4.79 Å². The topological polar surface area (TPSA) is 76.7 Å². The van der Waals surface area contributed by atoms with Gasteiger partial charge in [0.1, 0.15) is 0 Å². The molecule has 0 saturated carbocycles. The Balaban J connectivity index is 1.75. The molecule has 142 valence electrons. The third-order valence-corrected chi connectivity index (χ3v) is 4.92. The first kappa shape index (κ1) is 18.0. The van der Waals surface area contributed by atoms with Crippen LogP contribution >= 0.6 is 0 Å². The van der Waals surface area contributed by atoms with Gasteiger partial charge in [-0.15, -0.1) is 0 Å². The highest BCUT2D eigenvalue weighted by molar-refractivity contribution is 5.69. The standard InChI is InChI=1S/C22H22N4O2/c1-4-15-11-18(14(3)23-21(15)27)20-24-22(28-25-20)17-12-19(26(5-2)13-17)16-9-7-6-8-10-16/h6-13H,4-5H2,1-3H3,(H,23,27). The van der Waals surface area contributed by atoms with Crippen LogP contribution in [0.1, 0.15) is 25.1 Å². The molecule has 0 aliphatic carbocycles. The molecule has 6 nitrogen and oxygen atoms in total. The fourth-order valence-electron chi connectivity index (χ4n) is 3.35. The van der Waals surface area contributed by atoms with E-state index in [0.29, 0.717) is 23.7 Å². The lowest BCUT2D eigenvalue weighted by atomic mass is 10.1. The normalized spacial score (nSPS) is 11.1. The zero-order valence-corrected chi connectivity index (χ0v) is 16.2. The van der Waals surface area contributed by atoms with E-state index in [1.807, 2.05) is 44.3 Å². The maximum atomic E-state index is 12.0. The van der Waals surface area contributed by atoms with E-state index in [1.54, 1.807) is 0 Å². The van der Waals surface area contributed by atoms with Crippen LogP contribution in [-0.4, -0.2) is 19.7 Å². The van der Waals surface area contributed by atoms with Gasteiger partial charge in [-0.25, -0.2) is 0 Å². The van der Waals surface area contributed by atoms with E-state index in [-0.39, 0.29) is 5.56 Å². The van der Waals surface area contributed by atoms with E-state index in [1.165, 1.54) is 0 Å². The average Bonchev–Trinajstić information content (AvgIpc) is 3.36. The van der Waals surface area contributed by atoms with Crippen molar-refractivity contribution in [1.82, 2.24) is 19.7 Å². The molecule has 0 spiro atoms. The molecule has 0 unspecified atom stereocenters. The molecular weight excluding hydrogens is 352 g/mol. The Morgan fingerprint density at radius 1 is 1.11 bits per heavy atom. The molecule has 1 aromatic carbocycles. The van der Waals surface area contributed by atoms with Crippen LogP contribution in [0.25, 0.3) is 34.1 Å². The zero-order valence-electron chi connectivity index (χ0n) is 16.2. The minimum atomic E-state index is -0.0695. The van der Waals surface area contributed by atoms with E-state index in [0.717, 1.165) is 34.6 Å². The highest BCUT2D eigenvalue weighted by atomic mass is 16.5. The van der Waals surface area contributed by atoms with E-state index in [4.69, 9.17) is 4.52 Å². The molecule has 4 rings (SSSR count). The van der Waals surface area contributed by atoms with E-state index >= 15 is 0 Å². The largest absolute Gasteiger partial charge is 0.347 e. The zero-order chi connectivity index (χ0) is 19.7. The molecule has 0 fully saturated rings. The van der Waals surface area contributed by atoms with Gasteiger partial charge in [0.15, 0.2) is 0 Å². The van der Waals surface area contributed by atoms with Gasteiger partial charge in [-0.1, -0.05) is 42.4 Å². The van der Waals surface area contributed by atoms with Crippen LogP contribution in [0.15, 0.2) is 58.0 Å². The van der Waals surface area contributed by atoms with Gasteiger partial charge in [-0.2, -0.15) is 4.98 Å². The molecular formula is C22H22N4O2. The van der Waals surface area contributed by atoms with Gasteiger partial charge in [0.2, 0.25) is 5.82 Å². The number of rotatable bonds is 5. The Morgan fingerprint density at radius 3 is 2.61 bits per heavy atom. The molecule has 0 atom stereocenters. The second-order valence-corrected chi connectivity index (χ2v) is 6.71. The summed E-state index contributed by atoms with van der Waals surface area (Å²) in [4.78, 5) is 19.4. The number of pyridine rings is 1. The van der Waals surface area contributed by atoms with Gasteiger partial charge in [0.05, 0.1) is 5.56 Å². The van der Waals surface area contributed by atoms with E-state index in [2.05, 4.69) is 44.8 Å². The molecule has 0 saturated heterocycles. The monoisotopic (exact) mass is 374 g/mol.